The van der Waals surface area contributed by atoms with Crippen molar-refractivity contribution in [2.45, 2.75) is 19.2 Å². The summed E-state index contributed by atoms with van der Waals surface area (Å²) < 4.78 is 48.5. The third-order valence-electron chi connectivity index (χ3n) is 2.51. The quantitative estimate of drug-likeness (QED) is 0.807. The molecular formula is C13H8F3N3O3. The maximum atomic E-state index is 12.9. The smallest absolute Gasteiger partial charge is 0.417 e. The van der Waals surface area contributed by atoms with E-state index < -0.39 is 24.1 Å². The van der Waals surface area contributed by atoms with Gasteiger partial charge in [-0.3, -0.25) is 9.78 Å². The van der Waals surface area contributed by atoms with Gasteiger partial charge in [-0.25, -0.2) is 4.98 Å². The number of nitrogens with zero attached hydrogens (tertiary/aromatic N) is 3. The van der Waals surface area contributed by atoms with Crippen molar-refractivity contribution in [1.82, 2.24) is 9.97 Å². The molecule has 2 rings (SSSR count). The van der Waals surface area contributed by atoms with E-state index in [0.717, 1.165) is 24.7 Å². The third kappa shape index (κ3) is 3.60. The molecule has 0 radical (unpaired) electrons. The van der Waals surface area contributed by atoms with Gasteiger partial charge in [-0.2, -0.15) is 18.4 Å². The number of aromatic nitrogens is 2. The lowest BCUT2D eigenvalue weighted by molar-refractivity contribution is -0.144. The Kier molecular flexibility index (Phi) is 4.41. The fraction of sp³-hybridized carbons (Fsp3) is 0.231. The standard InChI is InChI=1S/C13H8F3N3O3/c14-13(15,16)10-2-4-18-6-9(10)12-19-5-8(22-12)7-21-11(20)1-3-17/h2,4-6H,1,7H2. The average Bonchev–Trinajstić information content (AvgIpc) is 2.93. The number of esters is 1. The number of halogens is 3. The van der Waals surface area contributed by atoms with Crippen LogP contribution in [0, 0.1) is 11.3 Å². The molecule has 0 aromatic carbocycles. The molecule has 0 fully saturated rings. The van der Waals surface area contributed by atoms with Crippen molar-refractivity contribution < 1.29 is 27.1 Å². The van der Waals surface area contributed by atoms with Crippen LogP contribution < -0.4 is 0 Å². The fourth-order valence-corrected chi connectivity index (χ4v) is 1.58. The van der Waals surface area contributed by atoms with Crippen molar-refractivity contribution in [1.29, 1.82) is 5.26 Å². The Morgan fingerprint density at radius 1 is 1.41 bits per heavy atom. The highest BCUT2D eigenvalue weighted by molar-refractivity contribution is 5.71. The molecule has 0 unspecified atom stereocenters. The third-order valence-corrected chi connectivity index (χ3v) is 2.51. The molecule has 0 bridgehead atoms. The molecule has 0 amide bonds. The fourth-order valence-electron chi connectivity index (χ4n) is 1.58. The van der Waals surface area contributed by atoms with Gasteiger partial charge in [-0.15, -0.1) is 0 Å². The summed E-state index contributed by atoms with van der Waals surface area (Å²) in [5.41, 5.74) is -1.25. The number of oxazole rings is 1. The average molecular weight is 311 g/mol. The zero-order valence-corrected chi connectivity index (χ0v) is 10.9. The predicted molar refractivity (Wildman–Crippen MR) is 64.8 cm³/mol. The van der Waals surface area contributed by atoms with Crippen LogP contribution >= 0.6 is 0 Å². The Morgan fingerprint density at radius 3 is 2.86 bits per heavy atom. The molecule has 114 valence electrons. The maximum absolute atomic E-state index is 12.9. The van der Waals surface area contributed by atoms with E-state index in [9.17, 15) is 18.0 Å². The molecule has 2 heterocycles. The molecule has 0 saturated heterocycles. The summed E-state index contributed by atoms with van der Waals surface area (Å²) in [6.07, 6.45) is -1.86. The largest absolute Gasteiger partial charge is 0.457 e. The van der Waals surface area contributed by atoms with E-state index >= 15 is 0 Å². The van der Waals surface area contributed by atoms with E-state index in [1.54, 1.807) is 6.07 Å². The van der Waals surface area contributed by atoms with E-state index in [1.807, 2.05) is 0 Å². The molecule has 0 aliphatic rings. The number of carbonyl (C=O) groups is 1. The second-order valence-corrected chi connectivity index (χ2v) is 4.05. The van der Waals surface area contributed by atoms with Crippen LogP contribution in [-0.2, 0) is 22.3 Å². The van der Waals surface area contributed by atoms with Crippen LogP contribution in [0.3, 0.4) is 0 Å². The van der Waals surface area contributed by atoms with Gasteiger partial charge in [-0.05, 0) is 6.07 Å². The second kappa shape index (κ2) is 6.26. The van der Waals surface area contributed by atoms with E-state index in [2.05, 4.69) is 14.7 Å². The zero-order chi connectivity index (χ0) is 16.2. The Morgan fingerprint density at radius 2 is 2.18 bits per heavy atom. The normalized spacial score (nSPS) is 11.0. The highest BCUT2D eigenvalue weighted by Crippen LogP contribution is 2.36. The Bertz CT molecular complexity index is 719. The van der Waals surface area contributed by atoms with Crippen molar-refractivity contribution in [3.8, 4) is 17.5 Å². The highest BCUT2D eigenvalue weighted by Gasteiger charge is 2.34. The molecule has 22 heavy (non-hydrogen) atoms. The van der Waals surface area contributed by atoms with E-state index in [0.29, 0.717) is 0 Å². The monoisotopic (exact) mass is 311 g/mol. The summed E-state index contributed by atoms with van der Waals surface area (Å²) in [7, 11) is 0. The van der Waals surface area contributed by atoms with Crippen LogP contribution in [0.2, 0.25) is 0 Å². The summed E-state index contributed by atoms with van der Waals surface area (Å²) in [5, 5.41) is 8.29. The molecule has 0 spiro atoms. The van der Waals surface area contributed by atoms with E-state index in [1.165, 1.54) is 0 Å². The minimum atomic E-state index is -4.58. The van der Waals surface area contributed by atoms with Crippen molar-refractivity contribution in [2.75, 3.05) is 0 Å². The van der Waals surface area contributed by atoms with Crippen LogP contribution in [-0.4, -0.2) is 15.9 Å². The van der Waals surface area contributed by atoms with Gasteiger partial charge in [-0.1, -0.05) is 0 Å². The zero-order valence-electron chi connectivity index (χ0n) is 10.9. The highest BCUT2D eigenvalue weighted by atomic mass is 19.4. The van der Waals surface area contributed by atoms with Crippen LogP contribution in [0.5, 0.6) is 0 Å². The van der Waals surface area contributed by atoms with Crippen molar-refractivity contribution in [3.05, 3.63) is 36.0 Å². The van der Waals surface area contributed by atoms with Crippen LogP contribution in [0.1, 0.15) is 17.7 Å². The van der Waals surface area contributed by atoms with E-state index in [4.69, 9.17) is 9.68 Å². The summed E-state index contributed by atoms with van der Waals surface area (Å²) in [5.74, 6) is -0.997. The topological polar surface area (TPSA) is 89.0 Å². The molecule has 0 aliphatic carbocycles. The molecular weight excluding hydrogens is 303 g/mol. The first-order valence-corrected chi connectivity index (χ1v) is 5.90. The SMILES string of the molecule is N#CCC(=O)OCc1cnc(-c2cnccc2C(F)(F)F)o1. The Labute approximate surface area is 122 Å². The van der Waals surface area contributed by atoms with Gasteiger partial charge in [0.1, 0.15) is 6.42 Å². The Hall–Kier alpha value is -2.89. The number of nitriles is 1. The van der Waals surface area contributed by atoms with Crippen molar-refractivity contribution in [2.24, 2.45) is 0 Å². The number of ether oxygens (including phenoxy) is 1. The van der Waals surface area contributed by atoms with Crippen LogP contribution in [0.4, 0.5) is 13.2 Å². The van der Waals surface area contributed by atoms with Crippen LogP contribution in [0.15, 0.2) is 29.1 Å². The summed E-state index contributed by atoms with van der Waals surface area (Å²) in [4.78, 5) is 18.4. The first-order valence-electron chi connectivity index (χ1n) is 5.90. The lowest BCUT2D eigenvalue weighted by Gasteiger charge is -2.09. The van der Waals surface area contributed by atoms with Crippen LogP contribution in [0.25, 0.3) is 11.5 Å². The molecule has 0 saturated carbocycles. The van der Waals surface area contributed by atoms with Crippen molar-refractivity contribution in [3.63, 3.8) is 0 Å². The minimum absolute atomic E-state index is 0.0540. The summed E-state index contributed by atoms with van der Waals surface area (Å²) in [6, 6.07) is 2.42. The molecule has 9 heteroatoms. The van der Waals surface area contributed by atoms with Gasteiger partial charge < -0.3 is 9.15 Å². The van der Waals surface area contributed by atoms with Gasteiger partial charge in [0.25, 0.3) is 0 Å². The Balaban J connectivity index is 2.19. The molecule has 2 aromatic rings. The van der Waals surface area contributed by atoms with E-state index in [-0.39, 0.29) is 23.8 Å². The maximum Gasteiger partial charge on any atom is 0.417 e. The molecule has 0 aliphatic heterocycles. The van der Waals surface area contributed by atoms with Gasteiger partial charge in [0.05, 0.1) is 23.4 Å². The second-order valence-electron chi connectivity index (χ2n) is 4.05. The minimum Gasteiger partial charge on any atom is -0.457 e. The molecule has 6 nitrogen and oxygen atoms in total. The molecule has 0 atom stereocenters. The number of pyridine rings is 1. The van der Waals surface area contributed by atoms with Crippen molar-refractivity contribution >= 4 is 5.97 Å². The van der Waals surface area contributed by atoms with Gasteiger partial charge in [0, 0.05) is 12.4 Å². The first-order chi connectivity index (χ1) is 10.4. The lowest BCUT2D eigenvalue weighted by Crippen LogP contribution is -2.07. The lowest BCUT2D eigenvalue weighted by atomic mass is 10.1. The number of rotatable bonds is 4. The molecule has 2 aromatic heterocycles. The number of hydrogen-bond donors (Lipinski definition) is 0. The summed E-state index contributed by atoms with van der Waals surface area (Å²) in [6.45, 7) is -0.324. The van der Waals surface area contributed by atoms with Gasteiger partial charge in [0.2, 0.25) is 5.89 Å². The first kappa shape index (κ1) is 15.5. The predicted octanol–water partition coefficient (Wildman–Crippen LogP) is 2.71. The van der Waals surface area contributed by atoms with Gasteiger partial charge >= 0.3 is 12.1 Å². The number of carbonyl (C=O) groups excluding carboxylic acids is 1. The number of hydrogen-bond acceptors (Lipinski definition) is 6. The summed E-state index contributed by atoms with van der Waals surface area (Å²) >= 11 is 0. The van der Waals surface area contributed by atoms with Gasteiger partial charge in [0.15, 0.2) is 12.4 Å². The molecule has 0 N–H and O–H groups in total. The number of alkyl halides is 3.